The van der Waals surface area contributed by atoms with Crippen molar-refractivity contribution in [1.29, 1.82) is 0 Å². The Morgan fingerprint density at radius 1 is 0.905 bits per heavy atom. The van der Waals surface area contributed by atoms with Crippen molar-refractivity contribution in [3.05, 3.63) is 59.2 Å². The number of carbonyl (C=O) groups is 2. The van der Waals surface area contributed by atoms with Crippen LogP contribution in [0.4, 0.5) is 0 Å². The van der Waals surface area contributed by atoms with Gasteiger partial charge in [-0.05, 0) is 35.9 Å². The number of aromatic carboxylic acids is 1. The van der Waals surface area contributed by atoms with Crippen LogP contribution in [-0.4, -0.2) is 27.2 Å². The molecule has 0 saturated carbocycles. The van der Waals surface area contributed by atoms with Crippen LogP contribution < -0.4 is 5.32 Å². The first-order chi connectivity index (χ1) is 9.97. The third-order valence-corrected chi connectivity index (χ3v) is 2.89. The van der Waals surface area contributed by atoms with Gasteiger partial charge in [0.25, 0.3) is 5.91 Å². The van der Waals surface area contributed by atoms with Crippen LogP contribution in [0.5, 0.6) is 11.5 Å². The largest absolute Gasteiger partial charge is 0.504 e. The lowest BCUT2D eigenvalue weighted by atomic mass is 10.1. The molecule has 108 valence electrons. The molecular formula is C15H13NO5. The maximum absolute atomic E-state index is 11.9. The van der Waals surface area contributed by atoms with E-state index in [1.165, 1.54) is 24.3 Å². The van der Waals surface area contributed by atoms with Crippen molar-refractivity contribution >= 4 is 11.9 Å². The monoisotopic (exact) mass is 287 g/mol. The molecule has 0 aromatic heterocycles. The molecule has 6 heteroatoms. The van der Waals surface area contributed by atoms with Gasteiger partial charge in [0.2, 0.25) is 0 Å². The lowest BCUT2D eigenvalue weighted by molar-refractivity contribution is 0.0696. The Kier molecular flexibility index (Phi) is 4.08. The SMILES string of the molecule is O=C(O)c1ccc(CNC(=O)c2ccc(O)c(O)c2)cc1. The molecule has 0 atom stereocenters. The van der Waals surface area contributed by atoms with Gasteiger partial charge < -0.3 is 20.6 Å². The number of phenolic OH excluding ortho intramolecular Hbond substituents is 2. The molecule has 0 saturated heterocycles. The standard InChI is InChI=1S/C15H13NO5/c17-12-6-5-11(7-13(12)18)14(19)16-8-9-1-3-10(4-2-9)15(20)21/h1-7,17-18H,8H2,(H,16,19)(H,20,21). The number of nitrogens with one attached hydrogen (secondary N) is 1. The van der Waals surface area contributed by atoms with E-state index in [4.69, 9.17) is 5.11 Å². The smallest absolute Gasteiger partial charge is 0.335 e. The lowest BCUT2D eigenvalue weighted by Gasteiger charge is -2.07. The lowest BCUT2D eigenvalue weighted by Crippen LogP contribution is -2.22. The normalized spacial score (nSPS) is 10.1. The highest BCUT2D eigenvalue weighted by Gasteiger charge is 2.09. The molecule has 0 fully saturated rings. The van der Waals surface area contributed by atoms with Crippen LogP contribution in [-0.2, 0) is 6.54 Å². The third kappa shape index (κ3) is 3.50. The minimum Gasteiger partial charge on any atom is -0.504 e. The van der Waals surface area contributed by atoms with Crippen molar-refractivity contribution in [2.24, 2.45) is 0 Å². The highest BCUT2D eigenvalue weighted by molar-refractivity contribution is 5.94. The number of hydrogen-bond acceptors (Lipinski definition) is 4. The molecular weight excluding hydrogens is 274 g/mol. The van der Waals surface area contributed by atoms with Crippen LogP contribution in [0, 0.1) is 0 Å². The van der Waals surface area contributed by atoms with E-state index in [2.05, 4.69) is 5.32 Å². The maximum Gasteiger partial charge on any atom is 0.335 e. The molecule has 0 aliphatic rings. The van der Waals surface area contributed by atoms with Crippen molar-refractivity contribution in [3.63, 3.8) is 0 Å². The van der Waals surface area contributed by atoms with E-state index in [9.17, 15) is 19.8 Å². The van der Waals surface area contributed by atoms with Crippen LogP contribution >= 0.6 is 0 Å². The van der Waals surface area contributed by atoms with Gasteiger partial charge in [0, 0.05) is 12.1 Å². The van der Waals surface area contributed by atoms with Crippen molar-refractivity contribution in [2.45, 2.75) is 6.54 Å². The summed E-state index contributed by atoms with van der Waals surface area (Å²) in [6.45, 7) is 0.223. The molecule has 0 heterocycles. The number of benzene rings is 2. The second-order valence-electron chi connectivity index (χ2n) is 4.39. The van der Waals surface area contributed by atoms with Gasteiger partial charge in [-0.3, -0.25) is 4.79 Å². The number of carboxylic acid groups (broad SMARTS) is 1. The van der Waals surface area contributed by atoms with Gasteiger partial charge >= 0.3 is 5.97 Å². The fourth-order valence-corrected chi connectivity index (χ4v) is 1.71. The van der Waals surface area contributed by atoms with Crippen molar-refractivity contribution < 1.29 is 24.9 Å². The second kappa shape index (κ2) is 5.96. The van der Waals surface area contributed by atoms with Crippen molar-refractivity contribution in [2.75, 3.05) is 0 Å². The summed E-state index contributed by atoms with van der Waals surface area (Å²) in [6.07, 6.45) is 0. The average molecular weight is 287 g/mol. The van der Waals surface area contributed by atoms with Crippen LogP contribution in [0.1, 0.15) is 26.3 Å². The van der Waals surface area contributed by atoms with Crippen LogP contribution in [0.2, 0.25) is 0 Å². The van der Waals surface area contributed by atoms with Gasteiger partial charge in [-0.2, -0.15) is 0 Å². The van der Waals surface area contributed by atoms with Gasteiger partial charge in [-0.15, -0.1) is 0 Å². The first kappa shape index (κ1) is 14.4. The molecule has 1 amide bonds. The number of amides is 1. The number of hydrogen-bond donors (Lipinski definition) is 4. The number of rotatable bonds is 4. The summed E-state index contributed by atoms with van der Waals surface area (Å²) < 4.78 is 0. The summed E-state index contributed by atoms with van der Waals surface area (Å²) in [6, 6.07) is 9.91. The average Bonchev–Trinajstić information content (AvgIpc) is 2.48. The van der Waals surface area contributed by atoms with E-state index in [-0.39, 0.29) is 29.2 Å². The van der Waals surface area contributed by atoms with E-state index in [0.29, 0.717) is 0 Å². The fourth-order valence-electron chi connectivity index (χ4n) is 1.71. The molecule has 0 radical (unpaired) electrons. The van der Waals surface area contributed by atoms with Gasteiger partial charge in [0.15, 0.2) is 11.5 Å². The molecule has 0 aliphatic heterocycles. The van der Waals surface area contributed by atoms with Gasteiger partial charge in [-0.25, -0.2) is 4.79 Å². The van der Waals surface area contributed by atoms with E-state index in [1.807, 2.05) is 0 Å². The second-order valence-corrected chi connectivity index (χ2v) is 4.39. The topological polar surface area (TPSA) is 107 Å². The Hall–Kier alpha value is -3.02. The first-order valence-electron chi connectivity index (χ1n) is 6.10. The molecule has 2 aromatic rings. The molecule has 4 N–H and O–H groups in total. The Balaban J connectivity index is 2.00. The number of carbonyl (C=O) groups excluding carboxylic acids is 1. The predicted octanol–water partition coefficient (Wildman–Crippen LogP) is 1.73. The fraction of sp³-hybridized carbons (Fsp3) is 0.0667. The van der Waals surface area contributed by atoms with E-state index >= 15 is 0 Å². The molecule has 2 aromatic carbocycles. The summed E-state index contributed by atoms with van der Waals surface area (Å²) >= 11 is 0. The molecule has 0 bridgehead atoms. The zero-order chi connectivity index (χ0) is 15.4. The minimum atomic E-state index is -1.01. The molecule has 0 spiro atoms. The molecule has 2 rings (SSSR count). The summed E-state index contributed by atoms with van der Waals surface area (Å²) in [5.74, 6) is -2.08. The molecule has 0 aliphatic carbocycles. The quantitative estimate of drug-likeness (QED) is 0.641. The van der Waals surface area contributed by atoms with E-state index < -0.39 is 11.9 Å². The summed E-state index contributed by atoms with van der Waals surface area (Å²) in [5.41, 5.74) is 1.14. The molecule has 21 heavy (non-hydrogen) atoms. The number of aromatic hydroxyl groups is 2. The Labute approximate surface area is 120 Å². The van der Waals surface area contributed by atoms with E-state index in [1.54, 1.807) is 12.1 Å². The minimum absolute atomic E-state index is 0.175. The van der Waals surface area contributed by atoms with Crippen LogP contribution in [0.3, 0.4) is 0 Å². The van der Waals surface area contributed by atoms with E-state index in [0.717, 1.165) is 11.6 Å². The van der Waals surface area contributed by atoms with Gasteiger partial charge in [-0.1, -0.05) is 12.1 Å². The first-order valence-corrected chi connectivity index (χ1v) is 6.10. The van der Waals surface area contributed by atoms with Gasteiger partial charge in [0.1, 0.15) is 0 Å². The highest BCUT2D eigenvalue weighted by Crippen LogP contribution is 2.24. The summed E-state index contributed by atoms with van der Waals surface area (Å²) in [5, 5.41) is 29.9. The zero-order valence-electron chi connectivity index (χ0n) is 10.9. The van der Waals surface area contributed by atoms with Crippen molar-refractivity contribution in [3.8, 4) is 11.5 Å². The van der Waals surface area contributed by atoms with Gasteiger partial charge in [0.05, 0.1) is 5.56 Å². The number of phenols is 2. The third-order valence-electron chi connectivity index (χ3n) is 2.89. The number of carboxylic acids is 1. The summed E-state index contributed by atoms with van der Waals surface area (Å²) in [4.78, 5) is 22.6. The van der Waals surface area contributed by atoms with Crippen LogP contribution in [0.15, 0.2) is 42.5 Å². The predicted molar refractivity (Wildman–Crippen MR) is 74.3 cm³/mol. The maximum atomic E-state index is 11.9. The van der Waals surface area contributed by atoms with Crippen molar-refractivity contribution in [1.82, 2.24) is 5.32 Å². The Morgan fingerprint density at radius 2 is 1.52 bits per heavy atom. The van der Waals surface area contributed by atoms with Crippen LogP contribution in [0.25, 0.3) is 0 Å². The zero-order valence-corrected chi connectivity index (χ0v) is 10.9. The Bertz CT molecular complexity index is 679. The molecule has 0 unspecified atom stereocenters. The highest BCUT2D eigenvalue weighted by atomic mass is 16.4. The molecule has 6 nitrogen and oxygen atoms in total. The summed E-state index contributed by atoms with van der Waals surface area (Å²) in [7, 11) is 0. The Morgan fingerprint density at radius 3 is 2.10 bits per heavy atom.